The maximum atomic E-state index is 12.4. The highest BCUT2D eigenvalue weighted by atomic mass is 16.2. The number of hydrogen-bond donors (Lipinski definition) is 3. The summed E-state index contributed by atoms with van der Waals surface area (Å²) in [5.41, 5.74) is 6.38. The Hall–Kier alpha value is -1.81. The van der Waals surface area contributed by atoms with Crippen LogP contribution in [0.3, 0.4) is 0 Å². The Balaban J connectivity index is 1.37. The van der Waals surface area contributed by atoms with E-state index in [-0.39, 0.29) is 11.9 Å². The molecule has 4 heteroatoms. The summed E-state index contributed by atoms with van der Waals surface area (Å²) in [6.45, 7) is 3.06. The number of aromatic nitrogens is 1. The molecule has 1 unspecified atom stereocenters. The van der Waals surface area contributed by atoms with Crippen LogP contribution in [0.1, 0.15) is 115 Å². The topological polar surface area (TPSA) is 72.5 Å². The van der Waals surface area contributed by atoms with Gasteiger partial charge in [0.05, 0.1) is 0 Å². The van der Waals surface area contributed by atoms with Crippen LogP contribution >= 0.6 is 0 Å². The van der Waals surface area contributed by atoms with Crippen LogP contribution in [0.5, 0.6) is 0 Å². The molecule has 0 spiro atoms. The lowest BCUT2D eigenvalue weighted by molar-refractivity contribution is -0.403. The van der Waals surface area contributed by atoms with E-state index >= 15 is 0 Å². The number of nitrogens with one attached hydrogen (secondary N) is 2. The van der Waals surface area contributed by atoms with Gasteiger partial charge in [-0.3, -0.25) is 4.79 Å². The molecule has 0 fully saturated rings. The lowest BCUT2D eigenvalue weighted by Gasteiger charge is -2.09. The van der Waals surface area contributed by atoms with Crippen molar-refractivity contribution in [3.05, 3.63) is 36.0 Å². The van der Waals surface area contributed by atoms with Gasteiger partial charge in [0, 0.05) is 30.1 Å². The zero-order valence-electron chi connectivity index (χ0n) is 21.3. The number of fused-ring (bicyclic) bond motifs is 1. The van der Waals surface area contributed by atoms with E-state index < -0.39 is 0 Å². The molecule has 0 aliphatic heterocycles. The first-order valence-corrected chi connectivity index (χ1v) is 13.9. The average Bonchev–Trinajstić information content (AvgIpc) is 3.23. The smallest absolute Gasteiger partial charge is 0.278 e. The van der Waals surface area contributed by atoms with Gasteiger partial charge in [-0.05, 0) is 18.1 Å². The monoisotopic (exact) mass is 456 g/mol. The van der Waals surface area contributed by atoms with Crippen molar-refractivity contribution in [3.63, 3.8) is 0 Å². The Kier molecular flexibility index (Phi) is 14.7. The molecule has 1 aromatic carbocycles. The standard InChI is InChI=1S/C29H49N3O/c1-2-3-4-5-6-7-8-9-10-11-12-13-14-15-16-19-22-31-29(33)27(30)23-25-24-32-28-21-18-17-20-26(25)28/h17-18,20-21,24,27,32H,2-16,19,22-23,30H2,1H3,(H,31,33)/p+1. The van der Waals surface area contributed by atoms with Crippen LogP contribution in [0.25, 0.3) is 10.9 Å². The van der Waals surface area contributed by atoms with E-state index in [0.29, 0.717) is 6.42 Å². The van der Waals surface area contributed by atoms with Crippen LogP contribution in [-0.4, -0.2) is 23.5 Å². The number of hydrogen-bond acceptors (Lipinski definition) is 1. The molecule has 0 aliphatic carbocycles. The maximum absolute atomic E-state index is 12.4. The molecule has 0 radical (unpaired) electrons. The summed E-state index contributed by atoms with van der Waals surface area (Å²) in [6, 6.07) is 7.98. The minimum absolute atomic E-state index is 0.0706. The second-order valence-corrected chi connectivity index (χ2v) is 9.85. The molecule has 1 atom stereocenters. The van der Waals surface area contributed by atoms with Gasteiger partial charge in [0.2, 0.25) is 0 Å². The van der Waals surface area contributed by atoms with Crippen LogP contribution in [0.4, 0.5) is 0 Å². The molecule has 0 saturated carbocycles. The van der Waals surface area contributed by atoms with Crippen molar-refractivity contribution in [1.29, 1.82) is 0 Å². The zero-order valence-corrected chi connectivity index (χ0v) is 21.3. The van der Waals surface area contributed by atoms with Crippen LogP contribution in [0.2, 0.25) is 0 Å². The van der Waals surface area contributed by atoms with E-state index in [4.69, 9.17) is 0 Å². The molecule has 4 nitrogen and oxygen atoms in total. The quantitative estimate of drug-likeness (QED) is 0.191. The SMILES string of the molecule is CCCCCCCCCCCCCCCCCCNC(=O)C([NH3+])Cc1c[nH]c2ccccc12. The predicted octanol–water partition coefficient (Wildman–Crippen LogP) is 6.70. The van der Waals surface area contributed by atoms with E-state index in [0.717, 1.165) is 18.5 Å². The zero-order chi connectivity index (χ0) is 23.6. The Labute approximate surface area is 202 Å². The highest BCUT2D eigenvalue weighted by Crippen LogP contribution is 2.18. The molecule has 33 heavy (non-hydrogen) atoms. The molecular weight excluding hydrogens is 406 g/mol. The van der Waals surface area contributed by atoms with Gasteiger partial charge >= 0.3 is 0 Å². The number of unbranched alkanes of at least 4 members (excludes halogenated alkanes) is 15. The highest BCUT2D eigenvalue weighted by molar-refractivity contribution is 5.85. The lowest BCUT2D eigenvalue weighted by atomic mass is 10.0. The molecule has 1 aromatic heterocycles. The number of carbonyl (C=O) groups excluding carboxylic acids is 1. The maximum Gasteiger partial charge on any atom is 0.278 e. The van der Waals surface area contributed by atoms with Crippen molar-refractivity contribution < 1.29 is 10.5 Å². The summed E-state index contributed by atoms with van der Waals surface area (Å²) < 4.78 is 0. The van der Waals surface area contributed by atoms with Gasteiger partial charge in [-0.25, -0.2) is 0 Å². The van der Waals surface area contributed by atoms with E-state index in [1.165, 1.54) is 107 Å². The second-order valence-electron chi connectivity index (χ2n) is 9.85. The van der Waals surface area contributed by atoms with Gasteiger partial charge in [-0.15, -0.1) is 0 Å². The van der Waals surface area contributed by atoms with Crippen LogP contribution in [0, 0.1) is 0 Å². The number of para-hydroxylation sites is 1. The number of H-pyrrole nitrogens is 1. The summed E-state index contributed by atoms with van der Waals surface area (Å²) in [5, 5.41) is 4.27. The fourth-order valence-electron chi connectivity index (χ4n) is 4.69. The number of aromatic amines is 1. The fraction of sp³-hybridized carbons (Fsp3) is 0.690. The van der Waals surface area contributed by atoms with Gasteiger partial charge in [-0.2, -0.15) is 0 Å². The first-order valence-electron chi connectivity index (χ1n) is 13.9. The molecule has 0 saturated heterocycles. The third kappa shape index (κ3) is 11.7. The van der Waals surface area contributed by atoms with Crippen molar-refractivity contribution in [2.24, 2.45) is 0 Å². The summed E-state index contributed by atoms with van der Waals surface area (Å²) in [4.78, 5) is 15.7. The van der Waals surface area contributed by atoms with Gasteiger partial charge in [0.1, 0.15) is 0 Å². The third-order valence-corrected chi connectivity index (χ3v) is 6.84. The first kappa shape index (κ1) is 27.4. The Morgan fingerprint density at radius 1 is 0.818 bits per heavy atom. The lowest BCUT2D eigenvalue weighted by Crippen LogP contribution is -2.68. The Morgan fingerprint density at radius 3 is 1.91 bits per heavy atom. The molecule has 5 N–H and O–H groups in total. The minimum atomic E-state index is -0.245. The van der Waals surface area contributed by atoms with Crippen molar-refractivity contribution in [3.8, 4) is 0 Å². The number of carbonyl (C=O) groups is 1. The normalized spacial score (nSPS) is 12.3. The van der Waals surface area contributed by atoms with E-state index in [2.05, 4.69) is 35.1 Å². The van der Waals surface area contributed by atoms with E-state index in [9.17, 15) is 4.79 Å². The molecule has 1 heterocycles. The summed E-state index contributed by atoms with van der Waals surface area (Å²) in [7, 11) is 0. The third-order valence-electron chi connectivity index (χ3n) is 6.84. The van der Waals surface area contributed by atoms with Gasteiger partial charge in [0.25, 0.3) is 5.91 Å². The van der Waals surface area contributed by atoms with Crippen molar-refractivity contribution >= 4 is 16.8 Å². The van der Waals surface area contributed by atoms with E-state index in [1.807, 2.05) is 18.3 Å². The fourth-order valence-corrected chi connectivity index (χ4v) is 4.69. The number of amides is 1. The molecule has 186 valence electrons. The molecule has 2 rings (SSSR count). The molecule has 1 amide bonds. The number of quaternary nitrogens is 1. The van der Waals surface area contributed by atoms with Crippen molar-refractivity contribution in [2.75, 3.05) is 6.54 Å². The largest absolute Gasteiger partial charge is 0.361 e. The first-order chi connectivity index (χ1) is 16.2. The van der Waals surface area contributed by atoms with Crippen LogP contribution in [-0.2, 0) is 11.2 Å². The Bertz CT molecular complexity index is 754. The highest BCUT2D eigenvalue weighted by Gasteiger charge is 2.18. The van der Waals surface area contributed by atoms with Crippen LogP contribution < -0.4 is 11.1 Å². The van der Waals surface area contributed by atoms with Crippen LogP contribution in [0.15, 0.2) is 30.5 Å². The summed E-state index contributed by atoms with van der Waals surface area (Å²) >= 11 is 0. The van der Waals surface area contributed by atoms with Crippen molar-refractivity contribution in [1.82, 2.24) is 10.3 Å². The summed E-state index contributed by atoms with van der Waals surface area (Å²) in [6.07, 6.45) is 24.6. The molecule has 2 aromatic rings. The van der Waals surface area contributed by atoms with Gasteiger partial charge in [-0.1, -0.05) is 121 Å². The Morgan fingerprint density at radius 2 is 1.33 bits per heavy atom. The second kappa shape index (κ2) is 17.6. The molecule has 0 bridgehead atoms. The van der Waals surface area contributed by atoms with Gasteiger partial charge < -0.3 is 16.0 Å². The average molecular weight is 457 g/mol. The predicted molar refractivity (Wildman–Crippen MR) is 141 cm³/mol. The van der Waals surface area contributed by atoms with E-state index in [1.54, 1.807) is 0 Å². The number of benzene rings is 1. The number of rotatable bonds is 20. The summed E-state index contributed by atoms with van der Waals surface area (Å²) in [5.74, 6) is 0.0706. The van der Waals surface area contributed by atoms with Gasteiger partial charge in [0.15, 0.2) is 6.04 Å². The molecule has 0 aliphatic rings. The van der Waals surface area contributed by atoms with Crippen molar-refractivity contribution in [2.45, 2.75) is 122 Å². The minimum Gasteiger partial charge on any atom is -0.361 e. The molecular formula is C29H50N3O+.